The molecular formula is C21H24N4O4S. The topological polar surface area (TPSA) is 113 Å². The van der Waals surface area contributed by atoms with Gasteiger partial charge in [-0.25, -0.2) is 13.2 Å². The zero-order chi connectivity index (χ0) is 21.3. The number of anilines is 2. The number of amides is 3. The Hall–Kier alpha value is -2.91. The second-order valence-corrected chi connectivity index (χ2v) is 9.47. The molecule has 30 heavy (non-hydrogen) atoms. The molecular weight excluding hydrogens is 404 g/mol. The predicted octanol–water partition coefficient (Wildman–Crippen LogP) is 2.55. The summed E-state index contributed by atoms with van der Waals surface area (Å²) in [5.41, 5.74) is 7.67. The lowest BCUT2D eigenvalue weighted by atomic mass is 10.1. The molecule has 0 saturated carbocycles. The summed E-state index contributed by atoms with van der Waals surface area (Å²) in [6.45, 7) is 1.61. The summed E-state index contributed by atoms with van der Waals surface area (Å²) in [6, 6.07) is 10.8. The molecule has 2 heterocycles. The highest BCUT2D eigenvalue weighted by Crippen LogP contribution is 2.32. The molecule has 0 radical (unpaired) electrons. The number of hydrogen-bond donors (Lipinski definition) is 2. The van der Waals surface area contributed by atoms with Crippen molar-refractivity contribution in [2.75, 3.05) is 29.9 Å². The first-order valence-corrected chi connectivity index (χ1v) is 11.4. The van der Waals surface area contributed by atoms with E-state index in [2.05, 4.69) is 5.32 Å². The summed E-state index contributed by atoms with van der Waals surface area (Å²) in [4.78, 5) is 25.8. The van der Waals surface area contributed by atoms with Crippen LogP contribution in [-0.2, 0) is 16.4 Å². The third kappa shape index (κ3) is 3.90. The van der Waals surface area contributed by atoms with Gasteiger partial charge >= 0.3 is 6.03 Å². The summed E-state index contributed by atoms with van der Waals surface area (Å²) in [5, 5.41) is 2.46. The van der Waals surface area contributed by atoms with E-state index >= 15 is 0 Å². The van der Waals surface area contributed by atoms with Gasteiger partial charge in [0.25, 0.3) is 5.91 Å². The maximum absolute atomic E-state index is 13.0. The Bertz CT molecular complexity index is 1080. The van der Waals surface area contributed by atoms with Gasteiger partial charge in [-0.05, 0) is 67.3 Å². The van der Waals surface area contributed by atoms with Gasteiger partial charge in [-0.15, -0.1) is 0 Å². The van der Waals surface area contributed by atoms with E-state index in [4.69, 9.17) is 5.73 Å². The molecule has 9 heteroatoms. The monoisotopic (exact) mass is 428 g/mol. The van der Waals surface area contributed by atoms with Gasteiger partial charge in [-0.2, -0.15) is 4.31 Å². The molecule has 2 aromatic rings. The van der Waals surface area contributed by atoms with Crippen molar-refractivity contribution in [1.29, 1.82) is 0 Å². The molecule has 0 aliphatic carbocycles. The Balaban J connectivity index is 1.54. The van der Waals surface area contributed by atoms with Crippen molar-refractivity contribution in [1.82, 2.24) is 4.31 Å². The smallest absolute Gasteiger partial charge is 0.316 e. The third-order valence-electron chi connectivity index (χ3n) is 5.54. The van der Waals surface area contributed by atoms with Gasteiger partial charge in [-0.1, -0.05) is 6.42 Å². The molecule has 2 aliphatic heterocycles. The van der Waals surface area contributed by atoms with Gasteiger partial charge in [0, 0.05) is 36.6 Å². The molecule has 8 nitrogen and oxygen atoms in total. The lowest BCUT2D eigenvalue weighted by Crippen LogP contribution is -2.35. The number of rotatable bonds is 4. The van der Waals surface area contributed by atoms with Crippen molar-refractivity contribution in [3.8, 4) is 0 Å². The minimum absolute atomic E-state index is 0.175. The van der Waals surface area contributed by atoms with Gasteiger partial charge in [0.2, 0.25) is 10.0 Å². The first-order valence-electron chi connectivity index (χ1n) is 9.98. The molecule has 0 atom stereocenters. The normalized spacial score (nSPS) is 16.9. The van der Waals surface area contributed by atoms with Crippen LogP contribution in [0.4, 0.5) is 16.2 Å². The Morgan fingerprint density at radius 2 is 1.63 bits per heavy atom. The highest BCUT2D eigenvalue weighted by Gasteiger charge is 2.30. The third-order valence-corrected chi connectivity index (χ3v) is 7.44. The van der Waals surface area contributed by atoms with Gasteiger partial charge in [-0.3, -0.25) is 4.79 Å². The molecule has 0 spiro atoms. The maximum atomic E-state index is 13.0. The summed E-state index contributed by atoms with van der Waals surface area (Å²) >= 11 is 0. The van der Waals surface area contributed by atoms with Crippen molar-refractivity contribution < 1.29 is 18.0 Å². The first-order chi connectivity index (χ1) is 14.4. The summed E-state index contributed by atoms with van der Waals surface area (Å²) in [6.07, 6.45) is 3.44. The molecule has 3 N–H and O–H groups in total. The van der Waals surface area contributed by atoms with E-state index in [1.54, 1.807) is 51.7 Å². The largest absolute Gasteiger partial charge is 0.351 e. The van der Waals surface area contributed by atoms with Crippen molar-refractivity contribution in [2.45, 2.75) is 30.6 Å². The minimum atomic E-state index is -3.50. The molecule has 0 unspecified atom stereocenters. The predicted molar refractivity (Wildman–Crippen MR) is 114 cm³/mol. The number of piperidine rings is 1. The van der Waals surface area contributed by atoms with Crippen molar-refractivity contribution in [2.24, 2.45) is 5.73 Å². The van der Waals surface area contributed by atoms with Crippen LogP contribution in [0.15, 0.2) is 47.4 Å². The van der Waals surface area contributed by atoms with Crippen molar-refractivity contribution in [3.63, 3.8) is 0 Å². The Labute approximate surface area is 175 Å². The number of nitrogens with zero attached hydrogens (tertiary/aromatic N) is 2. The summed E-state index contributed by atoms with van der Waals surface area (Å²) < 4.78 is 27.4. The number of urea groups is 1. The number of primary amides is 1. The second kappa shape index (κ2) is 8.08. The van der Waals surface area contributed by atoms with Crippen LogP contribution in [0.1, 0.15) is 35.2 Å². The number of carbonyl (C=O) groups is 2. The average Bonchev–Trinajstić information content (AvgIpc) is 3.17. The van der Waals surface area contributed by atoms with Crippen molar-refractivity contribution >= 4 is 33.3 Å². The Kier molecular flexibility index (Phi) is 5.48. The SMILES string of the molecule is NC(=O)Nc1ccc(C(=O)N2CCc3cc(S(=O)(=O)N4CCCCC4)ccc32)cc1. The molecule has 3 amide bonds. The zero-order valence-electron chi connectivity index (χ0n) is 16.5. The molecule has 0 aromatic heterocycles. The fourth-order valence-electron chi connectivity index (χ4n) is 4.00. The van der Waals surface area contributed by atoms with Gasteiger partial charge in [0.15, 0.2) is 0 Å². The van der Waals surface area contributed by atoms with Crippen LogP contribution in [0.2, 0.25) is 0 Å². The van der Waals surface area contributed by atoms with Crippen LogP contribution in [0.3, 0.4) is 0 Å². The van der Waals surface area contributed by atoms with E-state index < -0.39 is 16.1 Å². The molecule has 0 bridgehead atoms. The quantitative estimate of drug-likeness (QED) is 0.779. The zero-order valence-corrected chi connectivity index (χ0v) is 17.3. The van der Waals surface area contributed by atoms with E-state index in [0.29, 0.717) is 42.2 Å². The van der Waals surface area contributed by atoms with Crippen LogP contribution in [0.25, 0.3) is 0 Å². The minimum Gasteiger partial charge on any atom is -0.351 e. The van der Waals surface area contributed by atoms with E-state index in [9.17, 15) is 18.0 Å². The Morgan fingerprint density at radius 3 is 2.30 bits per heavy atom. The maximum Gasteiger partial charge on any atom is 0.316 e. The first kappa shape index (κ1) is 20.4. The fraction of sp³-hybridized carbons (Fsp3) is 0.333. The molecule has 2 aliphatic rings. The van der Waals surface area contributed by atoms with Gasteiger partial charge in [0.1, 0.15) is 0 Å². The summed E-state index contributed by atoms with van der Waals surface area (Å²) in [7, 11) is -3.50. The number of carbonyl (C=O) groups excluding carboxylic acids is 2. The van der Waals surface area contributed by atoms with Crippen LogP contribution in [-0.4, -0.2) is 44.3 Å². The standard InChI is InChI=1S/C21H24N4O4S/c22-21(27)23-17-6-4-15(5-7-17)20(26)25-13-10-16-14-18(8-9-19(16)25)30(28,29)24-11-2-1-3-12-24/h4-9,14H,1-3,10-13H2,(H3,22,23,27). The van der Waals surface area contributed by atoms with E-state index in [0.717, 1.165) is 30.5 Å². The number of fused-ring (bicyclic) bond motifs is 1. The lowest BCUT2D eigenvalue weighted by Gasteiger charge is -2.26. The molecule has 2 aromatic carbocycles. The fourth-order valence-corrected chi connectivity index (χ4v) is 5.57. The van der Waals surface area contributed by atoms with Crippen LogP contribution < -0.4 is 16.0 Å². The molecule has 158 valence electrons. The second-order valence-electron chi connectivity index (χ2n) is 7.53. The van der Waals surface area contributed by atoms with E-state index in [1.165, 1.54) is 0 Å². The Morgan fingerprint density at radius 1 is 0.933 bits per heavy atom. The van der Waals surface area contributed by atoms with Crippen LogP contribution >= 0.6 is 0 Å². The van der Waals surface area contributed by atoms with Gasteiger partial charge < -0.3 is 16.0 Å². The van der Waals surface area contributed by atoms with E-state index in [1.807, 2.05) is 0 Å². The number of sulfonamides is 1. The molecule has 1 fully saturated rings. The number of nitrogens with one attached hydrogen (secondary N) is 1. The average molecular weight is 429 g/mol. The lowest BCUT2D eigenvalue weighted by molar-refractivity contribution is 0.0989. The molecule has 4 rings (SSSR count). The molecule has 1 saturated heterocycles. The summed E-state index contributed by atoms with van der Waals surface area (Å²) in [5.74, 6) is -0.175. The highest BCUT2D eigenvalue weighted by molar-refractivity contribution is 7.89. The number of benzene rings is 2. The van der Waals surface area contributed by atoms with E-state index in [-0.39, 0.29) is 5.91 Å². The van der Waals surface area contributed by atoms with Crippen molar-refractivity contribution in [3.05, 3.63) is 53.6 Å². The van der Waals surface area contributed by atoms with Gasteiger partial charge in [0.05, 0.1) is 4.90 Å². The van der Waals surface area contributed by atoms with Crippen LogP contribution in [0, 0.1) is 0 Å². The van der Waals surface area contributed by atoms with Crippen LogP contribution in [0.5, 0.6) is 0 Å². The number of nitrogens with two attached hydrogens (primary N) is 1. The number of hydrogen-bond acceptors (Lipinski definition) is 4. The highest BCUT2D eigenvalue weighted by atomic mass is 32.2.